The van der Waals surface area contributed by atoms with E-state index < -0.39 is 0 Å². The molecule has 0 aliphatic carbocycles. The number of rotatable bonds is 4. The summed E-state index contributed by atoms with van der Waals surface area (Å²) in [5.41, 5.74) is 2.39. The van der Waals surface area contributed by atoms with Crippen molar-refractivity contribution in [3.63, 3.8) is 0 Å². The molecule has 2 aromatic heterocycles. The Morgan fingerprint density at radius 3 is 2.74 bits per heavy atom. The van der Waals surface area contributed by atoms with E-state index in [1.54, 1.807) is 11.7 Å². The zero-order valence-electron chi connectivity index (χ0n) is 11.8. The van der Waals surface area contributed by atoms with Crippen molar-refractivity contribution < 1.29 is 4.79 Å². The zero-order valence-corrected chi connectivity index (χ0v) is 11.8. The Hall–Kier alpha value is -2.04. The molecule has 0 bridgehead atoms. The average Bonchev–Trinajstić information content (AvgIpc) is 2.92. The molecule has 0 saturated heterocycles. The lowest BCUT2D eigenvalue weighted by molar-refractivity contribution is 0.0939. The summed E-state index contributed by atoms with van der Waals surface area (Å²) in [5.74, 6) is 0.355. The van der Waals surface area contributed by atoms with Gasteiger partial charge < -0.3 is 9.88 Å². The van der Waals surface area contributed by atoms with Crippen molar-refractivity contribution in [2.75, 3.05) is 6.54 Å². The van der Waals surface area contributed by atoms with Gasteiger partial charge >= 0.3 is 0 Å². The number of nitrogens with zero attached hydrogens (tertiary/aromatic N) is 3. The Morgan fingerprint density at radius 2 is 2.16 bits per heavy atom. The molecule has 1 N–H and O–H groups in total. The van der Waals surface area contributed by atoms with Crippen LogP contribution in [-0.2, 0) is 14.1 Å². The summed E-state index contributed by atoms with van der Waals surface area (Å²) < 4.78 is 3.61. The molecule has 0 aromatic carbocycles. The summed E-state index contributed by atoms with van der Waals surface area (Å²) >= 11 is 0. The molecule has 0 saturated carbocycles. The second-order valence-electron chi connectivity index (χ2n) is 5.15. The highest BCUT2D eigenvalue weighted by Crippen LogP contribution is 2.18. The molecule has 5 heteroatoms. The van der Waals surface area contributed by atoms with Crippen LogP contribution in [0, 0.1) is 5.92 Å². The SMILES string of the molecule is CC(C)CNC(=O)c1cc(-c2cccn2C)nn1C. The molecule has 2 aromatic rings. The number of hydrogen-bond donors (Lipinski definition) is 1. The first-order valence-corrected chi connectivity index (χ1v) is 6.43. The topological polar surface area (TPSA) is 51.9 Å². The van der Waals surface area contributed by atoms with Gasteiger partial charge in [0.05, 0.1) is 5.69 Å². The number of hydrogen-bond acceptors (Lipinski definition) is 2. The minimum atomic E-state index is -0.0795. The molecule has 102 valence electrons. The summed E-state index contributed by atoms with van der Waals surface area (Å²) in [7, 11) is 3.75. The van der Waals surface area contributed by atoms with E-state index in [1.807, 2.05) is 36.0 Å². The lowest BCUT2D eigenvalue weighted by Gasteiger charge is -2.06. The summed E-state index contributed by atoms with van der Waals surface area (Å²) in [5, 5.41) is 7.30. The molecule has 2 rings (SSSR count). The third-order valence-electron chi connectivity index (χ3n) is 2.99. The van der Waals surface area contributed by atoms with Gasteiger partial charge in [-0.15, -0.1) is 0 Å². The highest BCUT2D eigenvalue weighted by atomic mass is 16.2. The smallest absolute Gasteiger partial charge is 0.269 e. The van der Waals surface area contributed by atoms with Crippen LogP contribution < -0.4 is 5.32 Å². The molecule has 0 radical (unpaired) electrons. The molecule has 19 heavy (non-hydrogen) atoms. The van der Waals surface area contributed by atoms with Crippen LogP contribution in [0.2, 0.25) is 0 Å². The summed E-state index contributed by atoms with van der Waals surface area (Å²) in [6.45, 7) is 4.81. The van der Waals surface area contributed by atoms with Gasteiger partial charge in [0.15, 0.2) is 0 Å². The van der Waals surface area contributed by atoms with Crippen LogP contribution in [0.25, 0.3) is 11.4 Å². The Bertz CT molecular complexity index is 580. The molecule has 0 fully saturated rings. The van der Waals surface area contributed by atoms with E-state index in [-0.39, 0.29) is 5.91 Å². The molecule has 0 unspecified atom stereocenters. The van der Waals surface area contributed by atoms with Gasteiger partial charge in [0.1, 0.15) is 11.4 Å². The highest BCUT2D eigenvalue weighted by Gasteiger charge is 2.15. The molecular weight excluding hydrogens is 240 g/mol. The van der Waals surface area contributed by atoms with Crippen LogP contribution in [0.1, 0.15) is 24.3 Å². The number of aromatic nitrogens is 3. The summed E-state index contributed by atoms with van der Waals surface area (Å²) in [6.07, 6.45) is 1.96. The van der Waals surface area contributed by atoms with E-state index >= 15 is 0 Å². The maximum atomic E-state index is 12.1. The van der Waals surface area contributed by atoms with Crippen molar-refractivity contribution in [1.29, 1.82) is 0 Å². The normalized spacial score (nSPS) is 11.0. The van der Waals surface area contributed by atoms with Crippen LogP contribution in [0.15, 0.2) is 24.4 Å². The highest BCUT2D eigenvalue weighted by molar-refractivity contribution is 5.93. The number of aryl methyl sites for hydroxylation is 2. The average molecular weight is 260 g/mol. The Balaban J connectivity index is 2.22. The molecule has 0 atom stereocenters. The number of carbonyl (C=O) groups excluding carboxylic acids is 1. The quantitative estimate of drug-likeness (QED) is 0.911. The van der Waals surface area contributed by atoms with Crippen LogP contribution in [0.5, 0.6) is 0 Å². The van der Waals surface area contributed by atoms with Crippen molar-refractivity contribution >= 4 is 5.91 Å². The second-order valence-corrected chi connectivity index (χ2v) is 5.15. The maximum absolute atomic E-state index is 12.1. The maximum Gasteiger partial charge on any atom is 0.269 e. The van der Waals surface area contributed by atoms with E-state index in [0.717, 1.165) is 11.4 Å². The van der Waals surface area contributed by atoms with Gasteiger partial charge in [0, 0.05) is 26.8 Å². The first-order valence-electron chi connectivity index (χ1n) is 6.43. The van der Waals surface area contributed by atoms with Gasteiger partial charge in [0.2, 0.25) is 0 Å². The van der Waals surface area contributed by atoms with Gasteiger partial charge in [-0.2, -0.15) is 5.10 Å². The van der Waals surface area contributed by atoms with E-state index in [4.69, 9.17) is 0 Å². The van der Waals surface area contributed by atoms with Crippen LogP contribution in [0.4, 0.5) is 0 Å². The largest absolute Gasteiger partial charge is 0.350 e. The monoisotopic (exact) mass is 260 g/mol. The van der Waals surface area contributed by atoms with Crippen LogP contribution in [-0.4, -0.2) is 26.8 Å². The molecular formula is C14H20N4O. The predicted molar refractivity (Wildman–Crippen MR) is 74.8 cm³/mol. The van der Waals surface area contributed by atoms with E-state index in [2.05, 4.69) is 24.3 Å². The number of amides is 1. The number of nitrogens with one attached hydrogen (secondary N) is 1. The molecule has 5 nitrogen and oxygen atoms in total. The standard InChI is InChI=1S/C14H20N4O/c1-10(2)9-15-14(19)13-8-11(16-18(13)4)12-6-5-7-17(12)3/h5-8,10H,9H2,1-4H3,(H,15,19). The molecule has 1 amide bonds. The van der Waals surface area contributed by atoms with Gasteiger partial charge in [-0.3, -0.25) is 9.48 Å². The van der Waals surface area contributed by atoms with E-state index in [0.29, 0.717) is 18.2 Å². The van der Waals surface area contributed by atoms with E-state index in [9.17, 15) is 4.79 Å². The molecule has 0 aliphatic heterocycles. The fourth-order valence-corrected chi connectivity index (χ4v) is 1.92. The minimum Gasteiger partial charge on any atom is -0.350 e. The number of carbonyl (C=O) groups is 1. The third-order valence-corrected chi connectivity index (χ3v) is 2.99. The second kappa shape index (κ2) is 5.30. The lowest BCUT2D eigenvalue weighted by Crippen LogP contribution is -2.28. The summed E-state index contributed by atoms with van der Waals surface area (Å²) in [4.78, 5) is 12.1. The third kappa shape index (κ3) is 2.86. The Morgan fingerprint density at radius 1 is 1.42 bits per heavy atom. The van der Waals surface area contributed by atoms with Crippen molar-refractivity contribution in [3.05, 3.63) is 30.1 Å². The zero-order chi connectivity index (χ0) is 14.0. The van der Waals surface area contributed by atoms with Crippen molar-refractivity contribution in [2.45, 2.75) is 13.8 Å². The minimum absolute atomic E-state index is 0.0795. The molecule has 2 heterocycles. The van der Waals surface area contributed by atoms with Crippen LogP contribution >= 0.6 is 0 Å². The Kier molecular flexibility index (Phi) is 3.74. The predicted octanol–water partition coefficient (Wildman–Crippen LogP) is 1.81. The Labute approximate surface area is 113 Å². The van der Waals surface area contributed by atoms with E-state index in [1.165, 1.54) is 0 Å². The van der Waals surface area contributed by atoms with Crippen molar-refractivity contribution in [2.24, 2.45) is 20.0 Å². The van der Waals surface area contributed by atoms with Gasteiger partial charge in [-0.25, -0.2) is 0 Å². The lowest BCUT2D eigenvalue weighted by atomic mass is 10.2. The molecule has 0 aliphatic rings. The van der Waals surface area contributed by atoms with Gasteiger partial charge in [-0.05, 0) is 24.1 Å². The fourth-order valence-electron chi connectivity index (χ4n) is 1.92. The van der Waals surface area contributed by atoms with Crippen molar-refractivity contribution in [3.8, 4) is 11.4 Å². The molecule has 0 spiro atoms. The first kappa shape index (κ1) is 13.4. The first-order chi connectivity index (χ1) is 8.99. The fraction of sp³-hybridized carbons (Fsp3) is 0.429. The van der Waals surface area contributed by atoms with Gasteiger partial charge in [0.25, 0.3) is 5.91 Å². The van der Waals surface area contributed by atoms with Gasteiger partial charge in [-0.1, -0.05) is 13.8 Å². The van der Waals surface area contributed by atoms with Crippen molar-refractivity contribution in [1.82, 2.24) is 19.7 Å². The van der Waals surface area contributed by atoms with Crippen LogP contribution in [0.3, 0.4) is 0 Å². The summed E-state index contributed by atoms with van der Waals surface area (Å²) in [6, 6.07) is 5.77.